The van der Waals surface area contributed by atoms with E-state index in [0.717, 1.165) is 18.7 Å². The van der Waals surface area contributed by atoms with Gasteiger partial charge in [-0.3, -0.25) is 4.68 Å². The van der Waals surface area contributed by atoms with Crippen LogP contribution in [0.15, 0.2) is 0 Å². The van der Waals surface area contributed by atoms with Gasteiger partial charge in [-0.15, -0.1) is 0 Å². The maximum Gasteiger partial charge on any atom is 0.0631 e. The molecule has 2 rings (SSSR count). The second-order valence-corrected chi connectivity index (χ2v) is 4.19. The van der Waals surface area contributed by atoms with Crippen molar-refractivity contribution in [1.82, 2.24) is 9.78 Å². The molecule has 0 amide bonds. The van der Waals surface area contributed by atoms with Crippen molar-refractivity contribution in [2.24, 2.45) is 5.92 Å². The first-order valence-corrected chi connectivity index (χ1v) is 5.33. The van der Waals surface area contributed by atoms with Crippen LogP contribution in [0.2, 0.25) is 0 Å². The molecule has 0 bridgehead atoms. The highest BCUT2D eigenvalue weighted by Crippen LogP contribution is 2.49. The Bertz CT molecular complexity index is 343. The predicted octanol–water partition coefficient (Wildman–Crippen LogP) is 1.62. The van der Waals surface area contributed by atoms with Crippen molar-refractivity contribution < 1.29 is 5.11 Å². The Morgan fingerprint density at radius 1 is 1.50 bits per heavy atom. The van der Waals surface area contributed by atoms with E-state index < -0.39 is 0 Å². The third-order valence-electron chi connectivity index (χ3n) is 3.26. The van der Waals surface area contributed by atoms with Crippen molar-refractivity contribution >= 4 is 0 Å². The van der Waals surface area contributed by atoms with Crippen molar-refractivity contribution in [1.29, 1.82) is 0 Å². The summed E-state index contributed by atoms with van der Waals surface area (Å²) in [5.74, 6) is 1.06. The van der Waals surface area contributed by atoms with Crippen LogP contribution in [-0.4, -0.2) is 21.5 Å². The molecule has 78 valence electrons. The van der Waals surface area contributed by atoms with Crippen LogP contribution in [0, 0.1) is 19.8 Å². The Hall–Kier alpha value is -0.830. The molecule has 1 heterocycles. The van der Waals surface area contributed by atoms with Crippen LogP contribution in [0.25, 0.3) is 0 Å². The summed E-state index contributed by atoms with van der Waals surface area (Å²) in [6, 6.07) is 0. The topological polar surface area (TPSA) is 38.0 Å². The van der Waals surface area contributed by atoms with Crippen LogP contribution < -0.4 is 0 Å². The third kappa shape index (κ3) is 1.36. The zero-order valence-electron chi connectivity index (χ0n) is 9.12. The number of aliphatic hydroxyl groups is 1. The number of rotatable bonds is 3. The van der Waals surface area contributed by atoms with Gasteiger partial charge in [0.25, 0.3) is 0 Å². The molecule has 0 radical (unpaired) electrons. The zero-order valence-corrected chi connectivity index (χ0v) is 9.12. The fraction of sp³-hybridized carbons (Fsp3) is 0.727. The molecule has 1 saturated carbocycles. The van der Waals surface area contributed by atoms with Crippen LogP contribution in [0.3, 0.4) is 0 Å². The van der Waals surface area contributed by atoms with Gasteiger partial charge in [-0.25, -0.2) is 0 Å². The van der Waals surface area contributed by atoms with Crippen LogP contribution in [0.1, 0.15) is 36.2 Å². The van der Waals surface area contributed by atoms with Crippen molar-refractivity contribution in [2.45, 2.75) is 39.7 Å². The maximum absolute atomic E-state index is 9.06. The van der Waals surface area contributed by atoms with E-state index in [1.807, 2.05) is 0 Å². The predicted molar refractivity (Wildman–Crippen MR) is 55.3 cm³/mol. The zero-order chi connectivity index (χ0) is 10.3. The average Bonchev–Trinajstić information content (AvgIpc) is 2.88. The van der Waals surface area contributed by atoms with E-state index in [0.29, 0.717) is 18.4 Å². The van der Waals surface area contributed by atoms with Crippen LogP contribution >= 0.6 is 0 Å². The van der Waals surface area contributed by atoms with Crippen LogP contribution in [-0.2, 0) is 6.54 Å². The van der Waals surface area contributed by atoms with Gasteiger partial charge in [0.1, 0.15) is 0 Å². The first kappa shape index (κ1) is 9.71. The van der Waals surface area contributed by atoms with Crippen molar-refractivity contribution in [3.05, 3.63) is 17.0 Å². The quantitative estimate of drug-likeness (QED) is 0.794. The Morgan fingerprint density at radius 2 is 2.21 bits per heavy atom. The molecule has 1 aliphatic carbocycles. The van der Waals surface area contributed by atoms with Crippen LogP contribution in [0.5, 0.6) is 0 Å². The fourth-order valence-corrected chi connectivity index (χ4v) is 2.36. The van der Waals surface area contributed by atoms with Gasteiger partial charge in [0.15, 0.2) is 0 Å². The normalized spacial score (nSPS) is 25.4. The molecule has 1 aromatic heterocycles. The van der Waals surface area contributed by atoms with Crippen molar-refractivity contribution in [2.75, 3.05) is 6.61 Å². The highest BCUT2D eigenvalue weighted by atomic mass is 16.3. The number of aryl methyl sites for hydroxylation is 2. The van der Waals surface area contributed by atoms with Crippen LogP contribution in [0.4, 0.5) is 0 Å². The number of aromatic nitrogens is 2. The number of aliphatic hydroxyl groups excluding tert-OH is 1. The van der Waals surface area contributed by atoms with Gasteiger partial charge < -0.3 is 5.11 Å². The molecule has 14 heavy (non-hydrogen) atoms. The van der Waals surface area contributed by atoms with Gasteiger partial charge in [0, 0.05) is 18.8 Å². The molecular formula is C11H18N2O. The summed E-state index contributed by atoms with van der Waals surface area (Å²) in [6.45, 7) is 7.57. The van der Waals surface area contributed by atoms with Crippen molar-refractivity contribution in [3.8, 4) is 0 Å². The SMILES string of the molecule is CCn1nc(C)c(C2CC2CO)c1C. The fourth-order valence-electron chi connectivity index (χ4n) is 2.36. The van der Waals surface area contributed by atoms with Gasteiger partial charge in [-0.2, -0.15) is 5.10 Å². The molecule has 1 N–H and O–H groups in total. The first-order chi connectivity index (χ1) is 6.69. The summed E-state index contributed by atoms with van der Waals surface area (Å²) in [5.41, 5.74) is 3.81. The third-order valence-corrected chi connectivity index (χ3v) is 3.26. The molecule has 0 saturated heterocycles. The highest BCUT2D eigenvalue weighted by molar-refractivity contribution is 5.33. The summed E-state index contributed by atoms with van der Waals surface area (Å²) in [4.78, 5) is 0. The number of hydrogen-bond acceptors (Lipinski definition) is 2. The van der Waals surface area contributed by atoms with Crippen molar-refractivity contribution in [3.63, 3.8) is 0 Å². The Labute approximate surface area is 84.7 Å². The van der Waals surface area contributed by atoms with E-state index in [1.165, 1.54) is 11.3 Å². The molecule has 3 heteroatoms. The van der Waals surface area contributed by atoms with E-state index >= 15 is 0 Å². The lowest BCUT2D eigenvalue weighted by molar-refractivity contribution is 0.274. The lowest BCUT2D eigenvalue weighted by Crippen LogP contribution is -1.99. The standard InChI is InChI=1S/C11H18N2O/c1-4-13-8(3)11(7(2)12-13)10-5-9(10)6-14/h9-10,14H,4-6H2,1-3H3. The minimum Gasteiger partial charge on any atom is -0.396 e. The molecule has 1 aliphatic rings. The summed E-state index contributed by atoms with van der Waals surface area (Å²) in [5, 5.41) is 13.6. The smallest absolute Gasteiger partial charge is 0.0631 e. The Kier molecular flexibility index (Phi) is 2.35. The summed E-state index contributed by atoms with van der Waals surface area (Å²) in [7, 11) is 0. The maximum atomic E-state index is 9.06. The molecule has 1 aromatic rings. The van der Waals surface area contributed by atoms with E-state index in [2.05, 4.69) is 30.6 Å². The van der Waals surface area contributed by atoms with E-state index in [1.54, 1.807) is 0 Å². The molecule has 0 aromatic carbocycles. The lowest BCUT2D eigenvalue weighted by atomic mass is 10.1. The second-order valence-electron chi connectivity index (χ2n) is 4.19. The first-order valence-electron chi connectivity index (χ1n) is 5.33. The monoisotopic (exact) mass is 194 g/mol. The Morgan fingerprint density at radius 3 is 2.64 bits per heavy atom. The van der Waals surface area contributed by atoms with E-state index in [9.17, 15) is 0 Å². The molecule has 2 atom stereocenters. The minimum atomic E-state index is 0.320. The number of nitrogens with zero attached hydrogens (tertiary/aromatic N) is 2. The summed E-state index contributed by atoms with van der Waals surface area (Å²) in [6.07, 6.45) is 1.13. The Balaban J connectivity index is 2.29. The summed E-state index contributed by atoms with van der Waals surface area (Å²) >= 11 is 0. The highest BCUT2D eigenvalue weighted by Gasteiger charge is 2.40. The molecular weight excluding hydrogens is 176 g/mol. The molecule has 2 unspecified atom stereocenters. The molecule has 0 spiro atoms. The molecule has 3 nitrogen and oxygen atoms in total. The van der Waals surface area contributed by atoms with Gasteiger partial charge in [0.2, 0.25) is 0 Å². The lowest BCUT2D eigenvalue weighted by Gasteiger charge is -2.01. The number of hydrogen-bond donors (Lipinski definition) is 1. The minimum absolute atomic E-state index is 0.320. The largest absolute Gasteiger partial charge is 0.396 e. The van der Waals surface area contributed by atoms with E-state index in [4.69, 9.17) is 5.11 Å². The van der Waals surface area contributed by atoms with Gasteiger partial charge in [-0.1, -0.05) is 0 Å². The average molecular weight is 194 g/mol. The van der Waals surface area contributed by atoms with Gasteiger partial charge in [0.05, 0.1) is 5.69 Å². The van der Waals surface area contributed by atoms with Gasteiger partial charge in [-0.05, 0) is 44.6 Å². The molecule has 0 aliphatic heterocycles. The summed E-state index contributed by atoms with van der Waals surface area (Å²) < 4.78 is 2.05. The molecule has 1 fully saturated rings. The second kappa shape index (κ2) is 3.39. The van der Waals surface area contributed by atoms with Gasteiger partial charge >= 0.3 is 0 Å². The van der Waals surface area contributed by atoms with E-state index in [-0.39, 0.29) is 0 Å².